The van der Waals surface area contributed by atoms with Crippen LogP contribution in [-0.4, -0.2) is 21.9 Å². The van der Waals surface area contributed by atoms with Crippen molar-refractivity contribution in [2.75, 3.05) is 5.75 Å². The van der Waals surface area contributed by atoms with E-state index < -0.39 is 10.8 Å². The highest BCUT2D eigenvalue weighted by atomic mass is 32.2. The highest BCUT2D eigenvalue weighted by molar-refractivity contribution is 7.84. The number of rotatable bonds is 5. The second kappa shape index (κ2) is 7.74. The molecular weight excluding hydrogens is 282 g/mol. The molecule has 1 aliphatic carbocycles. The molecule has 3 nitrogen and oxygen atoms in total. The van der Waals surface area contributed by atoms with Crippen molar-refractivity contribution in [1.82, 2.24) is 5.32 Å². The van der Waals surface area contributed by atoms with E-state index in [1.807, 2.05) is 31.2 Å². The maximum absolute atomic E-state index is 12.1. The van der Waals surface area contributed by atoms with Gasteiger partial charge >= 0.3 is 0 Å². The predicted molar refractivity (Wildman–Crippen MR) is 87.5 cm³/mol. The maximum atomic E-state index is 12.1. The minimum Gasteiger partial charge on any atom is -0.352 e. The summed E-state index contributed by atoms with van der Waals surface area (Å²) in [5.74, 6) is 1.03. The number of aryl methyl sites for hydroxylation is 1. The third-order valence-corrected chi connectivity index (χ3v) is 5.40. The third-order valence-electron chi connectivity index (χ3n) is 4.16. The number of benzene rings is 1. The van der Waals surface area contributed by atoms with E-state index in [-0.39, 0.29) is 17.7 Å². The fraction of sp³-hybridized carbons (Fsp3) is 0.588. The van der Waals surface area contributed by atoms with Crippen LogP contribution in [0.4, 0.5) is 0 Å². The van der Waals surface area contributed by atoms with E-state index in [0.717, 1.165) is 17.5 Å². The van der Waals surface area contributed by atoms with Crippen LogP contribution < -0.4 is 5.32 Å². The molecule has 0 radical (unpaired) electrons. The van der Waals surface area contributed by atoms with Crippen molar-refractivity contribution in [3.05, 3.63) is 35.4 Å². The lowest BCUT2D eigenvalue weighted by molar-refractivity contribution is -0.119. The number of carbonyl (C=O) groups excluding carboxylic acids is 1. The first-order chi connectivity index (χ1) is 10.0. The van der Waals surface area contributed by atoms with E-state index in [9.17, 15) is 9.00 Å². The zero-order chi connectivity index (χ0) is 15.2. The van der Waals surface area contributed by atoms with Gasteiger partial charge in [0.2, 0.25) is 5.91 Å². The molecule has 1 fully saturated rings. The molecular formula is C17H25NO2S. The zero-order valence-electron chi connectivity index (χ0n) is 12.9. The van der Waals surface area contributed by atoms with Crippen LogP contribution in [0.2, 0.25) is 0 Å². The van der Waals surface area contributed by atoms with Gasteiger partial charge in [-0.1, -0.05) is 49.6 Å². The zero-order valence-corrected chi connectivity index (χ0v) is 13.7. The summed E-state index contributed by atoms with van der Waals surface area (Å²) in [4.78, 5) is 12.0. The minimum atomic E-state index is -1.14. The molecule has 0 aromatic heterocycles. The van der Waals surface area contributed by atoms with Crippen molar-refractivity contribution in [2.45, 2.75) is 51.3 Å². The first-order valence-electron chi connectivity index (χ1n) is 7.74. The van der Waals surface area contributed by atoms with Gasteiger partial charge in [0.05, 0.1) is 0 Å². The molecule has 4 heteroatoms. The molecule has 1 aliphatic rings. The monoisotopic (exact) mass is 307 g/mol. The summed E-state index contributed by atoms with van der Waals surface area (Å²) in [6.45, 7) is 4.21. The minimum absolute atomic E-state index is 0.0697. The predicted octanol–water partition coefficient (Wildman–Crippen LogP) is 2.94. The van der Waals surface area contributed by atoms with Crippen molar-refractivity contribution in [2.24, 2.45) is 5.92 Å². The smallest absolute Gasteiger partial charge is 0.232 e. The highest BCUT2D eigenvalue weighted by Gasteiger charge is 2.23. The fourth-order valence-corrected chi connectivity index (χ4v) is 3.99. The first kappa shape index (κ1) is 16.2. The molecule has 116 valence electrons. The molecule has 1 aromatic carbocycles. The van der Waals surface area contributed by atoms with Crippen LogP contribution in [0, 0.1) is 12.8 Å². The van der Waals surface area contributed by atoms with Gasteiger partial charge in [-0.3, -0.25) is 9.00 Å². The molecule has 1 saturated carbocycles. The Morgan fingerprint density at radius 2 is 2.10 bits per heavy atom. The van der Waals surface area contributed by atoms with Crippen molar-refractivity contribution in [1.29, 1.82) is 0 Å². The van der Waals surface area contributed by atoms with Crippen molar-refractivity contribution in [3.63, 3.8) is 0 Å². The summed E-state index contributed by atoms with van der Waals surface area (Å²) < 4.78 is 12.1. The summed E-state index contributed by atoms with van der Waals surface area (Å²) in [7, 11) is -1.14. The molecule has 0 unspecified atom stereocenters. The van der Waals surface area contributed by atoms with Gasteiger partial charge in [0.25, 0.3) is 0 Å². The van der Waals surface area contributed by atoms with Crippen LogP contribution in [0.15, 0.2) is 24.3 Å². The van der Waals surface area contributed by atoms with Gasteiger partial charge in [-0.05, 0) is 31.2 Å². The summed E-state index contributed by atoms with van der Waals surface area (Å²) in [5.41, 5.74) is 2.19. The Labute approximate surface area is 130 Å². The Morgan fingerprint density at radius 3 is 2.81 bits per heavy atom. The molecule has 1 aromatic rings. The SMILES string of the molecule is Cc1cccc(C[S@@](=O)CC(=O)N[C@@H]2CCCC[C@@H]2C)c1. The lowest BCUT2D eigenvalue weighted by Crippen LogP contribution is -2.42. The number of hydrogen-bond donors (Lipinski definition) is 1. The molecule has 2 rings (SSSR count). The molecule has 1 amide bonds. The van der Waals surface area contributed by atoms with Crippen LogP contribution in [0.3, 0.4) is 0 Å². The van der Waals surface area contributed by atoms with E-state index >= 15 is 0 Å². The number of amides is 1. The molecule has 0 aliphatic heterocycles. The second-order valence-corrected chi connectivity index (χ2v) is 7.61. The molecule has 3 atom stereocenters. The summed E-state index contributed by atoms with van der Waals surface area (Å²) in [5, 5.41) is 3.06. The molecule has 0 heterocycles. The van der Waals surface area contributed by atoms with E-state index in [2.05, 4.69) is 12.2 Å². The quantitative estimate of drug-likeness (QED) is 0.909. The average Bonchev–Trinajstić information content (AvgIpc) is 2.41. The van der Waals surface area contributed by atoms with Gasteiger partial charge in [0, 0.05) is 22.6 Å². The van der Waals surface area contributed by atoms with Gasteiger partial charge in [-0.2, -0.15) is 0 Å². The standard InChI is InChI=1S/C17H25NO2S/c1-13-6-5-8-15(10-13)11-21(20)12-17(19)18-16-9-4-3-7-14(16)2/h5-6,8,10,14,16H,3-4,7,9,11-12H2,1-2H3,(H,18,19)/t14-,16+,21+/m0/s1. The van der Waals surface area contributed by atoms with E-state index in [4.69, 9.17) is 0 Å². The number of hydrogen-bond acceptors (Lipinski definition) is 2. The number of carbonyl (C=O) groups is 1. The Morgan fingerprint density at radius 1 is 1.33 bits per heavy atom. The molecule has 0 saturated heterocycles. The van der Waals surface area contributed by atoms with Gasteiger partial charge in [-0.25, -0.2) is 0 Å². The van der Waals surface area contributed by atoms with Crippen LogP contribution in [0.25, 0.3) is 0 Å². The van der Waals surface area contributed by atoms with Gasteiger partial charge in [0.15, 0.2) is 0 Å². The van der Waals surface area contributed by atoms with Crippen LogP contribution in [0.1, 0.15) is 43.7 Å². The third kappa shape index (κ3) is 5.27. The van der Waals surface area contributed by atoms with Gasteiger partial charge < -0.3 is 5.32 Å². The van der Waals surface area contributed by atoms with Crippen LogP contribution >= 0.6 is 0 Å². The maximum Gasteiger partial charge on any atom is 0.232 e. The number of nitrogens with one attached hydrogen (secondary N) is 1. The normalized spacial score (nSPS) is 23.5. The molecule has 1 N–H and O–H groups in total. The van der Waals surface area contributed by atoms with Crippen LogP contribution in [-0.2, 0) is 21.3 Å². The van der Waals surface area contributed by atoms with Crippen molar-refractivity contribution in [3.8, 4) is 0 Å². The average molecular weight is 307 g/mol. The Hall–Kier alpha value is -1.16. The van der Waals surface area contributed by atoms with E-state index in [1.165, 1.54) is 19.3 Å². The highest BCUT2D eigenvalue weighted by Crippen LogP contribution is 2.23. The summed E-state index contributed by atoms with van der Waals surface area (Å²) in [6, 6.07) is 8.24. The fourth-order valence-electron chi connectivity index (χ4n) is 2.96. The van der Waals surface area contributed by atoms with Gasteiger partial charge in [0.1, 0.15) is 5.75 Å². The summed E-state index contributed by atoms with van der Waals surface area (Å²) in [6.07, 6.45) is 4.67. The Bertz CT molecular complexity index is 515. The van der Waals surface area contributed by atoms with E-state index in [1.54, 1.807) is 0 Å². The lowest BCUT2D eigenvalue weighted by atomic mass is 9.86. The Kier molecular flexibility index (Phi) is 5.97. The van der Waals surface area contributed by atoms with Gasteiger partial charge in [-0.15, -0.1) is 0 Å². The largest absolute Gasteiger partial charge is 0.352 e. The first-order valence-corrected chi connectivity index (χ1v) is 9.23. The molecule has 0 spiro atoms. The van der Waals surface area contributed by atoms with Crippen LogP contribution in [0.5, 0.6) is 0 Å². The molecule has 0 bridgehead atoms. The Balaban J connectivity index is 1.80. The second-order valence-electron chi connectivity index (χ2n) is 6.15. The van der Waals surface area contributed by atoms with E-state index in [0.29, 0.717) is 11.7 Å². The summed E-state index contributed by atoms with van der Waals surface area (Å²) >= 11 is 0. The van der Waals surface area contributed by atoms with Crippen molar-refractivity contribution < 1.29 is 9.00 Å². The lowest BCUT2D eigenvalue weighted by Gasteiger charge is -2.29. The van der Waals surface area contributed by atoms with Crippen molar-refractivity contribution >= 4 is 16.7 Å². The topological polar surface area (TPSA) is 46.2 Å². The molecule has 21 heavy (non-hydrogen) atoms.